The summed E-state index contributed by atoms with van der Waals surface area (Å²) in [6.07, 6.45) is 2.07. The minimum absolute atomic E-state index is 0.116. The zero-order valence-electron chi connectivity index (χ0n) is 22.0. The molecule has 204 valence electrons. The molecule has 0 aromatic heterocycles. The lowest BCUT2D eigenvalue weighted by Crippen LogP contribution is -2.51. The number of amides is 1. The van der Waals surface area contributed by atoms with Gasteiger partial charge in [0.1, 0.15) is 11.6 Å². The molecule has 3 N–H and O–H groups in total. The molecule has 1 heterocycles. The number of carbonyl (C=O) groups excluding carboxylic acids is 1. The third kappa shape index (κ3) is 10.1. The van der Waals surface area contributed by atoms with E-state index >= 15 is 0 Å². The molecule has 2 aromatic carbocycles. The van der Waals surface area contributed by atoms with Crippen LogP contribution in [-0.2, 0) is 28.9 Å². The van der Waals surface area contributed by atoms with Crippen LogP contribution in [0.25, 0.3) is 0 Å². The molecule has 1 aliphatic heterocycles. The average Bonchev–Trinajstić information content (AvgIpc) is 2.87. The van der Waals surface area contributed by atoms with Crippen LogP contribution < -0.4 is 10.6 Å². The van der Waals surface area contributed by atoms with Crippen LogP contribution in [-0.4, -0.2) is 67.5 Å². The Bertz CT molecular complexity index is 962. The van der Waals surface area contributed by atoms with E-state index in [0.717, 1.165) is 50.6 Å². The van der Waals surface area contributed by atoms with Crippen LogP contribution in [0.1, 0.15) is 43.4 Å². The van der Waals surface area contributed by atoms with E-state index in [0.29, 0.717) is 24.6 Å². The standard InChI is InChI=1S/C29H41F2N3O3/c1-3-21-6-5-7-23(12-21)17-32-18-28(35)27(15-24-13-25(30)16-26(31)14-24)33-29(36)19-34-10-8-22(9-11-34)20-37-4-2/h5-7,12-14,16,22,27-28,32,35H,3-4,8-11,15,17-20H2,1-2H3,(H,33,36)/t27-,28-/m0/s1. The fourth-order valence-electron chi connectivity index (χ4n) is 4.78. The van der Waals surface area contributed by atoms with Crippen molar-refractivity contribution in [2.24, 2.45) is 5.92 Å². The Morgan fingerprint density at radius 1 is 1.08 bits per heavy atom. The summed E-state index contributed by atoms with van der Waals surface area (Å²) in [4.78, 5) is 15.0. The Balaban J connectivity index is 1.57. The van der Waals surface area contributed by atoms with Gasteiger partial charge in [-0.05, 0) is 80.4 Å². The monoisotopic (exact) mass is 517 g/mol. The number of rotatable bonds is 14. The van der Waals surface area contributed by atoms with Crippen molar-refractivity contribution in [2.75, 3.05) is 39.4 Å². The number of benzene rings is 2. The Labute approximate surface area is 219 Å². The quantitative estimate of drug-likeness (QED) is 0.358. The maximum absolute atomic E-state index is 13.8. The predicted octanol–water partition coefficient (Wildman–Crippen LogP) is 3.45. The SMILES string of the molecule is CCOCC1CCN(CC(=O)N[C@@H](Cc2cc(F)cc(F)c2)[C@@H](O)CNCc2cccc(CC)c2)CC1. The number of aliphatic hydroxyl groups is 1. The summed E-state index contributed by atoms with van der Waals surface area (Å²) in [6.45, 7) is 8.19. The molecular weight excluding hydrogens is 476 g/mol. The van der Waals surface area contributed by atoms with Crippen molar-refractivity contribution in [2.45, 2.75) is 58.2 Å². The maximum atomic E-state index is 13.8. The fraction of sp³-hybridized carbons (Fsp3) is 0.552. The van der Waals surface area contributed by atoms with Crippen LogP contribution >= 0.6 is 0 Å². The number of likely N-dealkylation sites (tertiary alicyclic amines) is 1. The number of carbonyl (C=O) groups is 1. The molecule has 1 saturated heterocycles. The summed E-state index contributed by atoms with van der Waals surface area (Å²) >= 11 is 0. The van der Waals surface area contributed by atoms with Crippen molar-refractivity contribution >= 4 is 5.91 Å². The van der Waals surface area contributed by atoms with Gasteiger partial charge >= 0.3 is 0 Å². The molecule has 3 rings (SSSR count). The molecule has 2 aromatic rings. The first kappa shape index (κ1) is 29.2. The number of hydrogen-bond donors (Lipinski definition) is 3. The van der Waals surface area contributed by atoms with Crippen LogP contribution in [0.15, 0.2) is 42.5 Å². The molecule has 8 heteroatoms. The minimum atomic E-state index is -0.943. The molecule has 1 fully saturated rings. The van der Waals surface area contributed by atoms with E-state index in [-0.39, 0.29) is 25.4 Å². The van der Waals surface area contributed by atoms with Crippen LogP contribution in [0.2, 0.25) is 0 Å². The van der Waals surface area contributed by atoms with Gasteiger partial charge in [-0.15, -0.1) is 0 Å². The highest BCUT2D eigenvalue weighted by molar-refractivity contribution is 5.78. The summed E-state index contributed by atoms with van der Waals surface area (Å²) in [7, 11) is 0. The molecule has 1 amide bonds. The highest BCUT2D eigenvalue weighted by Gasteiger charge is 2.25. The van der Waals surface area contributed by atoms with Gasteiger partial charge in [-0.3, -0.25) is 9.69 Å². The Hall–Kier alpha value is -2.39. The van der Waals surface area contributed by atoms with Gasteiger partial charge in [0.05, 0.1) is 18.7 Å². The van der Waals surface area contributed by atoms with Crippen molar-refractivity contribution in [1.29, 1.82) is 0 Å². The van der Waals surface area contributed by atoms with Gasteiger partial charge in [0.15, 0.2) is 0 Å². The van der Waals surface area contributed by atoms with Crippen LogP contribution in [0, 0.1) is 17.6 Å². The van der Waals surface area contributed by atoms with Crippen molar-refractivity contribution in [3.8, 4) is 0 Å². The van der Waals surface area contributed by atoms with E-state index in [1.807, 2.05) is 19.1 Å². The molecule has 0 unspecified atom stereocenters. The first-order chi connectivity index (χ1) is 17.9. The van der Waals surface area contributed by atoms with E-state index < -0.39 is 23.8 Å². The number of aryl methyl sites for hydroxylation is 1. The van der Waals surface area contributed by atoms with Gasteiger partial charge in [-0.2, -0.15) is 0 Å². The molecule has 0 spiro atoms. The number of hydrogen-bond acceptors (Lipinski definition) is 5. The minimum Gasteiger partial charge on any atom is -0.390 e. The molecule has 37 heavy (non-hydrogen) atoms. The van der Waals surface area contributed by atoms with Gasteiger partial charge in [0.2, 0.25) is 5.91 Å². The first-order valence-corrected chi connectivity index (χ1v) is 13.4. The molecule has 0 aliphatic carbocycles. The van der Waals surface area contributed by atoms with Gasteiger partial charge in [0.25, 0.3) is 0 Å². The van der Waals surface area contributed by atoms with Crippen molar-refractivity contribution in [1.82, 2.24) is 15.5 Å². The highest BCUT2D eigenvalue weighted by atomic mass is 19.1. The Morgan fingerprint density at radius 3 is 2.46 bits per heavy atom. The molecule has 1 aliphatic rings. The Morgan fingerprint density at radius 2 is 1.78 bits per heavy atom. The molecule has 0 bridgehead atoms. The van der Waals surface area contributed by atoms with Gasteiger partial charge in [-0.25, -0.2) is 8.78 Å². The lowest BCUT2D eigenvalue weighted by atomic mass is 9.97. The predicted molar refractivity (Wildman–Crippen MR) is 141 cm³/mol. The summed E-state index contributed by atoms with van der Waals surface area (Å²) in [6, 6.07) is 10.8. The van der Waals surface area contributed by atoms with E-state index in [1.54, 1.807) is 0 Å². The van der Waals surface area contributed by atoms with Crippen molar-refractivity contribution in [3.05, 3.63) is 70.8 Å². The number of ether oxygens (including phenoxy) is 1. The topological polar surface area (TPSA) is 73.8 Å². The van der Waals surface area contributed by atoms with Crippen LogP contribution in [0.3, 0.4) is 0 Å². The second-order valence-corrected chi connectivity index (χ2v) is 9.91. The summed E-state index contributed by atoms with van der Waals surface area (Å²) in [5.74, 6) is -1.06. The Kier molecular flexibility index (Phi) is 11.9. The molecular formula is C29H41F2N3O3. The first-order valence-electron chi connectivity index (χ1n) is 13.4. The fourth-order valence-corrected chi connectivity index (χ4v) is 4.78. The van der Waals surface area contributed by atoms with E-state index in [4.69, 9.17) is 4.74 Å². The van der Waals surface area contributed by atoms with Gasteiger partial charge in [0, 0.05) is 32.4 Å². The second-order valence-electron chi connectivity index (χ2n) is 9.91. The summed E-state index contributed by atoms with van der Waals surface area (Å²) < 4.78 is 33.1. The maximum Gasteiger partial charge on any atom is 0.234 e. The normalized spacial score (nSPS) is 16.5. The largest absolute Gasteiger partial charge is 0.390 e. The number of piperidine rings is 1. The van der Waals surface area contributed by atoms with Crippen molar-refractivity contribution in [3.63, 3.8) is 0 Å². The van der Waals surface area contributed by atoms with Gasteiger partial charge < -0.3 is 20.5 Å². The number of nitrogens with one attached hydrogen (secondary N) is 2. The zero-order chi connectivity index (χ0) is 26.6. The number of nitrogens with zero attached hydrogens (tertiary/aromatic N) is 1. The lowest BCUT2D eigenvalue weighted by Gasteiger charge is -2.32. The smallest absolute Gasteiger partial charge is 0.234 e. The summed E-state index contributed by atoms with van der Waals surface area (Å²) in [5, 5.41) is 17.1. The lowest BCUT2D eigenvalue weighted by molar-refractivity contribution is -0.124. The van der Waals surface area contributed by atoms with Crippen LogP contribution in [0.4, 0.5) is 8.78 Å². The highest BCUT2D eigenvalue weighted by Crippen LogP contribution is 2.17. The van der Waals surface area contributed by atoms with E-state index in [2.05, 4.69) is 34.6 Å². The molecule has 0 radical (unpaired) electrons. The van der Waals surface area contributed by atoms with Crippen LogP contribution in [0.5, 0.6) is 0 Å². The third-order valence-corrected chi connectivity index (χ3v) is 6.90. The number of halogens is 2. The van der Waals surface area contributed by atoms with E-state index in [9.17, 15) is 18.7 Å². The summed E-state index contributed by atoms with van der Waals surface area (Å²) in [5.41, 5.74) is 2.72. The molecule has 0 saturated carbocycles. The van der Waals surface area contributed by atoms with E-state index in [1.165, 1.54) is 17.7 Å². The van der Waals surface area contributed by atoms with Crippen molar-refractivity contribution < 1.29 is 23.4 Å². The molecule has 6 nitrogen and oxygen atoms in total. The average molecular weight is 518 g/mol. The zero-order valence-corrected chi connectivity index (χ0v) is 22.0. The second kappa shape index (κ2) is 15.1. The van der Waals surface area contributed by atoms with Gasteiger partial charge in [-0.1, -0.05) is 31.2 Å². The number of aliphatic hydroxyl groups excluding tert-OH is 1. The third-order valence-electron chi connectivity index (χ3n) is 6.90. The molecule has 2 atom stereocenters.